The molecule has 1 aromatic carbocycles. The highest BCUT2D eigenvalue weighted by Gasteiger charge is 2.10. The van der Waals surface area contributed by atoms with Crippen LogP contribution in [0, 0.1) is 5.41 Å². The quantitative estimate of drug-likeness (QED) is 0.823. The molecule has 0 spiro atoms. The molecule has 0 fully saturated rings. The fraction of sp³-hybridized carbons (Fsp3) is 0.500. The van der Waals surface area contributed by atoms with Crippen molar-refractivity contribution in [1.82, 2.24) is 0 Å². The van der Waals surface area contributed by atoms with Gasteiger partial charge in [0.25, 0.3) is 0 Å². The first-order valence-corrected chi connectivity index (χ1v) is 6.27. The first-order chi connectivity index (χ1) is 8.29. The molecular weight excluding hydrogens is 252 g/mol. The summed E-state index contributed by atoms with van der Waals surface area (Å²) in [4.78, 5) is 10.7. The molecule has 0 heterocycles. The van der Waals surface area contributed by atoms with Crippen LogP contribution in [-0.4, -0.2) is 17.7 Å². The molecule has 0 aliphatic carbocycles. The highest BCUT2D eigenvalue weighted by molar-refractivity contribution is 6.31. The van der Waals surface area contributed by atoms with Gasteiger partial charge in [-0.1, -0.05) is 38.4 Å². The van der Waals surface area contributed by atoms with Crippen LogP contribution >= 0.6 is 11.6 Å². The zero-order valence-corrected chi connectivity index (χ0v) is 11.8. The number of carboxylic acid groups (broad SMARTS) is 1. The molecule has 0 aromatic heterocycles. The largest absolute Gasteiger partial charge is 0.478 e. The molecule has 4 heteroatoms. The van der Waals surface area contributed by atoms with E-state index in [1.807, 2.05) is 0 Å². The summed E-state index contributed by atoms with van der Waals surface area (Å²) in [5.74, 6) is -0.975. The summed E-state index contributed by atoms with van der Waals surface area (Å²) in [6.45, 7) is 7.55. The van der Waals surface area contributed by atoms with Crippen LogP contribution < -0.4 is 0 Å². The van der Waals surface area contributed by atoms with Crippen molar-refractivity contribution >= 4 is 17.6 Å². The van der Waals surface area contributed by atoms with Crippen LogP contribution in [0.4, 0.5) is 0 Å². The second-order valence-corrected chi connectivity index (χ2v) is 5.88. The van der Waals surface area contributed by atoms with Crippen molar-refractivity contribution in [1.29, 1.82) is 0 Å². The topological polar surface area (TPSA) is 46.5 Å². The van der Waals surface area contributed by atoms with Gasteiger partial charge in [0, 0.05) is 11.6 Å². The Kier molecular flexibility index (Phi) is 5.17. The minimum Gasteiger partial charge on any atom is -0.478 e. The third-order valence-corrected chi connectivity index (χ3v) is 2.91. The Morgan fingerprint density at radius 2 is 2.06 bits per heavy atom. The molecule has 0 aliphatic heterocycles. The maximum absolute atomic E-state index is 10.7. The number of hydrogen-bond donors (Lipinski definition) is 1. The van der Waals surface area contributed by atoms with Crippen LogP contribution in [0.3, 0.4) is 0 Å². The average Bonchev–Trinajstić information content (AvgIpc) is 2.24. The van der Waals surface area contributed by atoms with E-state index < -0.39 is 5.97 Å². The Morgan fingerprint density at radius 3 is 2.56 bits per heavy atom. The highest BCUT2D eigenvalue weighted by atomic mass is 35.5. The number of aromatic carboxylic acids is 1. The van der Waals surface area contributed by atoms with Crippen molar-refractivity contribution < 1.29 is 14.6 Å². The van der Waals surface area contributed by atoms with Gasteiger partial charge in [-0.15, -0.1) is 0 Å². The molecule has 0 amide bonds. The summed E-state index contributed by atoms with van der Waals surface area (Å²) in [7, 11) is 0. The molecule has 0 atom stereocenters. The van der Waals surface area contributed by atoms with E-state index in [0.717, 1.165) is 12.0 Å². The van der Waals surface area contributed by atoms with E-state index in [1.54, 1.807) is 6.07 Å². The van der Waals surface area contributed by atoms with Crippen LogP contribution in [0.25, 0.3) is 0 Å². The fourth-order valence-electron chi connectivity index (χ4n) is 1.36. The second-order valence-electron chi connectivity index (χ2n) is 5.47. The molecule has 1 rings (SSSR count). The maximum atomic E-state index is 10.7. The second kappa shape index (κ2) is 6.21. The molecule has 0 aliphatic rings. The van der Waals surface area contributed by atoms with Crippen molar-refractivity contribution in [2.45, 2.75) is 33.8 Å². The standard InChI is InChI=1S/C14H19ClO3/c1-14(2,3)6-7-18-9-11-5-4-10(13(16)17)8-12(11)15/h4-5,8H,6-7,9H2,1-3H3,(H,16,17). The molecular formula is C14H19ClO3. The molecule has 1 aromatic rings. The molecule has 0 unspecified atom stereocenters. The number of benzene rings is 1. The normalized spacial score (nSPS) is 11.6. The van der Waals surface area contributed by atoms with E-state index in [9.17, 15) is 4.79 Å². The maximum Gasteiger partial charge on any atom is 0.335 e. The molecule has 0 saturated heterocycles. The lowest BCUT2D eigenvalue weighted by Crippen LogP contribution is -2.09. The number of rotatable bonds is 5. The zero-order valence-electron chi connectivity index (χ0n) is 11.0. The molecule has 0 saturated carbocycles. The van der Waals surface area contributed by atoms with E-state index in [0.29, 0.717) is 18.2 Å². The number of carbonyl (C=O) groups is 1. The summed E-state index contributed by atoms with van der Waals surface area (Å²) in [6, 6.07) is 4.69. The van der Waals surface area contributed by atoms with Crippen LogP contribution in [0.5, 0.6) is 0 Å². The van der Waals surface area contributed by atoms with Crippen molar-refractivity contribution in [2.75, 3.05) is 6.61 Å². The van der Waals surface area contributed by atoms with Crippen LogP contribution in [-0.2, 0) is 11.3 Å². The minimum absolute atomic E-state index is 0.193. The van der Waals surface area contributed by atoms with E-state index >= 15 is 0 Å². The lowest BCUT2D eigenvalue weighted by molar-refractivity contribution is 0.0696. The Balaban J connectivity index is 2.51. The summed E-state index contributed by atoms with van der Waals surface area (Å²) in [6.07, 6.45) is 0.970. The number of hydrogen-bond acceptors (Lipinski definition) is 2. The summed E-state index contributed by atoms with van der Waals surface area (Å²) < 4.78 is 5.55. The smallest absolute Gasteiger partial charge is 0.335 e. The lowest BCUT2D eigenvalue weighted by Gasteiger charge is -2.17. The van der Waals surface area contributed by atoms with Crippen molar-refractivity contribution in [3.8, 4) is 0 Å². The Morgan fingerprint density at radius 1 is 1.39 bits per heavy atom. The summed E-state index contributed by atoms with van der Waals surface area (Å²) in [5.41, 5.74) is 1.26. The molecule has 0 radical (unpaired) electrons. The van der Waals surface area contributed by atoms with Gasteiger partial charge < -0.3 is 9.84 Å². The van der Waals surface area contributed by atoms with Gasteiger partial charge in [0.2, 0.25) is 0 Å². The van der Waals surface area contributed by atoms with Crippen molar-refractivity contribution in [2.24, 2.45) is 5.41 Å². The average molecular weight is 271 g/mol. The molecule has 18 heavy (non-hydrogen) atoms. The lowest BCUT2D eigenvalue weighted by atomic mass is 9.93. The van der Waals surface area contributed by atoms with Gasteiger partial charge >= 0.3 is 5.97 Å². The predicted molar refractivity (Wildman–Crippen MR) is 72.1 cm³/mol. The Hall–Kier alpha value is -1.06. The van der Waals surface area contributed by atoms with E-state index in [4.69, 9.17) is 21.4 Å². The highest BCUT2D eigenvalue weighted by Crippen LogP contribution is 2.21. The van der Waals surface area contributed by atoms with Crippen LogP contribution in [0.1, 0.15) is 43.1 Å². The third kappa shape index (κ3) is 5.07. The first kappa shape index (κ1) is 15.0. The van der Waals surface area contributed by atoms with Crippen LogP contribution in [0.15, 0.2) is 18.2 Å². The van der Waals surface area contributed by atoms with Gasteiger partial charge in [-0.05, 0) is 29.5 Å². The van der Waals surface area contributed by atoms with Gasteiger partial charge in [0.05, 0.1) is 12.2 Å². The van der Waals surface area contributed by atoms with Gasteiger partial charge in [-0.3, -0.25) is 0 Å². The first-order valence-electron chi connectivity index (χ1n) is 5.89. The molecule has 100 valence electrons. The zero-order chi connectivity index (χ0) is 13.8. The van der Waals surface area contributed by atoms with Gasteiger partial charge in [0.15, 0.2) is 0 Å². The van der Waals surface area contributed by atoms with Crippen molar-refractivity contribution in [3.05, 3.63) is 34.3 Å². The third-order valence-electron chi connectivity index (χ3n) is 2.55. The fourth-order valence-corrected chi connectivity index (χ4v) is 1.59. The Labute approximate surface area is 113 Å². The number of halogens is 1. The Bertz CT molecular complexity index is 422. The summed E-state index contributed by atoms with van der Waals surface area (Å²) >= 11 is 6.00. The minimum atomic E-state index is -0.975. The van der Waals surface area contributed by atoms with Gasteiger partial charge in [0.1, 0.15) is 0 Å². The monoisotopic (exact) mass is 270 g/mol. The summed E-state index contributed by atoms with van der Waals surface area (Å²) in [5, 5.41) is 9.25. The van der Waals surface area contributed by atoms with Gasteiger partial charge in [-0.2, -0.15) is 0 Å². The van der Waals surface area contributed by atoms with Crippen LogP contribution in [0.2, 0.25) is 5.02 Å². The van der Waals surface area contributed by atoms with E-state index in [2.05, 4.69) is 20.8 Å². The number of carboxylic acids is 1. The van der Waals surface area contributed by atoms with E-state index in [-0.39, 0.29) is 11.0 Å². The van der Waals surface area contributed by atoms with Gasteiger partial charge in [-0.25, -0.2) is 4.79 Å². The SMILES string of the molecule is CC(C)(C)CCOCc1ccc(C(=O)O)cc1Cl. The molecule has 1 N–H and O–H groups in total. The number of ether oxygens (including phenoxy) is 1. The molecule has 0 bridgehead atoms. The molecule has 3 nitrogen and oxygen atoms in total. The van der Waals surface area contributed by atoms with Crippen molar-refractivity contribution in [3.63, 3.8) is 0 Å². The van der Waals surface area contributed by atoms with E-state index in [1.165, 1.54) is 12.1 Å². The predicted octanol–water partition coefficient (Wildman–Crippen LogP) is 3.99.